The zero-order valence-corrected chi connectivity index (χ0v) is 12.3. The maximum absolute atomic E-state index is 4.71. The van der Waals surface area contributed by atoms with Crippen LogP contribution in [0.4, 0.5) is 0 Å². The van der Waals surface area contributed by atoms with Crippen LogP contribution in [0.1, 0.15) is 53.4 Å². The summed E-state index contributed by atoms with van der Waals surface area (Å²) in [7, 11) is 0. The SMILES string of the molecule is CC(C)C(C)n1ncc2[nH]c(CC(C)(C)C)nc21. The third-order valence-electron chi connectivity index (χ3n) is 3.34. The summed E-state index contributed by atoms with van der Waals surface area (Å²) in [6.07, 6.45) is 2.84. The van der Waals surface area contributed by atoms with E-state index in [4.69, 9.17) is 4.98 Å². The zero-order valence-electron chi connectivity index (χ0n) is 12.3. The molecule has 0 saturated heterocycles. The van der Waals surface area contributed by atoms with Crippen LogP contribution in [0.2, 0.25) is 0 Å². The van der Waals surface area contributed by atoms with E-state index in [1.54, 1.807) is 0 Å². The number of rotatable bonds is 3. The van der Waals surface area contributed by atoms with Crippen molar-refractivity contribution in [3.05, 3.63) is 12.0 Å². The third-order valence-corrected chi connectivity index (χ3v) is 3.34. The number of imidazole rings is 1. The van der Waals surface area contributed by atoms with Gasteiger partial charge >= 0.3 is 0 Å². The van der Waals surface area contributed by atoms with E-state index in [9.17, 15) is 0 Å². The van der Waals surface area contributed by atoms with E-state index in [0.717, 1.165) is 23.4 Å². The summed E-state index contributed by atoms with van der Waals surface area (Å²) in [5.74, 6) is 1.61. The predicted octanol–water partition coefficient (Wildman–Crippen LogP) is 3.57. The third kappa shape index (κ3) is 2.57. The van der Waals surface area contributed by atoms with Crippen molar-refractivity contribution >= 4 is 11.2 Å². The summed E-state index contributed by atoms with van der Waals surface area (Å²) < 4.78 is 2.03. The molecule has 4 nitrogen and oxygen atoms in total. The van der Waals surface area contributed by atoms with Gasteiger partial charge in [-0.3, -0.25) is 0 Å². The summed E-state index contributed by atoms with van der Waals surface area (Å²) in [4.78, 5) is 8.08. The van der Waals surface area contributed by atoms with E-state index in [1.807, 2.05) is 10.9 Å². The molecule has 1 N–H and O–H groups in total. The Bertz CT molecular complexity index is 527. The Labute approximate surface area is 109 Å². The van der Waals surface area contributed by atoms with Gasteiger partial charge in [-0.05, 0) is 18.3 Å². The van der Waals surface area contributed by atoms with Gasteiger partial charge in [0.15, 0.2) is 5.65 Å². The number of fused-ring (bicyclic) bond motifs is 1. The molecule has 0 aliphatic rings. The van der Waals surface area contributed by atoms with Gasteiger partial charge in [0.2, 0.25) is 0 Å². The normalized spacial score (nSPS) is 14.6. The largest absolute Gasteiger partial charge is 0.339 e. The van der Waals surface area contributed by atoms with Crippen molar-refractivity contribution in [1.82, 2.24) is 19.7 Å². The minimum atomic E-state index is 0.247. The van der Waals surface area contributed by atoms with E-state index >= 15 is 0 Å². The highest BCUT2D eigenvalue weighted by atomic mass is 15.3. The Morgan fingerprint density at radius 1 is 1.28 bits per heavy atom. The van der Waals surface area contributed by atoms with Gasteiger partial charge in [-0.15, -0.1) is 0 Å². The van der Waals surface area contributed by atoms with Crippen molar-refractivity contribution in [3.63, 3.8) is 0 Å². The molecule has 2 rings (SSSR count). The lowest BCUT2D eigenvalue weighted by Crippen LogP contribution is -2.13. The van der Waals surface area contributed by atoms with E-state index in [2.05, 4.69) is 51.6 Å². The van der Waals surface area contributed by atoms with Crippen LogP contribution in [0, 0.1) is 11.3 Å². The molecule has 0 radical (unpaired) electrons. The second-order valence-electron chi connectivity index (χ2n) is 6.73. The molecule has 2 heterocycles. The summed E-state index contributed by atoms with van der Waals surface area (Å²) in [5.41, 5.74) is 2.27. The van der Waals surface area contributed by atoms with Crippen LogP contribution in [0.15, 0.2) is 6.20 Å². The highest BCUT2D eigenvalue weighted by molar-refractivity contribution is 5.70. The topological polar surface area (TPSA) is 46.5 Å². The van der Waals surface area contributed by atoms with Crippen LogP contribution in [-0.2, 0) is 6.42 Å². The lowest BCUT2D eigenvalue weighted by atomic mass is 9.92. The molecule has 2 aromatic rings. The summed E-state index contributed by atoms with van der Waals surface area (Å²) in [6.45, 7) is 13.3. The molecule has 0 aliphatic heterocycles. The minimum absolute atomic E-state index is 0.247. The van der Waals surface area contributed by atoms with E-state index in [1.165, 1.54) is 0 Å². The molecule has 0 spiro atoms. The van der Waals surface area contributed by atoms with Gasteiger partial charge in [0, 0.05) is 6.42 Å². The van der Waals surface area contributed by atoms with Crippen molar-refractivity contribution in [2.75, 3.05) is 0 Å². The van der Waals surface area contributed by atoms with Gasteiger partial charge in [-0.1, -0.05) is 34.6 Å². The Morgan fingerprint density at radius 2 is 1.94 bits per heavy atom. The number of aromatic nitrogens is 4. The quantitative estimate of drug-likeness (QED) is 0.902. The lowest BCUT2D eigenvalue weighted by molar-refractivity contribution is 0.382. The standard InChI is InChI=1S/C14H24N4/c1-9(2)10(3)18-13-11(8-15-18)16-12(17-13)7-14(4,5)6/h8-10H,7H2,1-6H3,(H,16,17). The van der Waals surface area contributed by atoms with Gasteiger partial charge in [-0.2, -0.15) is 5.10 Å². The highest BCUT2D eigenvalue weighted by Gasteiger charge is 2.19. The molecular formula is C14H24N4. The Morgan fingerprint density at radius 3 is 2.50 bits per heavy atom. The molecule has 0 fully saturated rings. The van der Waals surface area contributed by atoms with E-state index in [0.29, 0.717) is 12.0 Å². The Kier molecular flexibility index (Phi) is 3.21. The second-order valence-corrected chi connectivity index (χ2v) is 6.73. The van der Waals surface area contributed by atoms with Crippen molar-refractivity contribution in [1.29, 1.82) is 0 Å². The van der Waals surface area contributed by atoms with Crippen molar-refractivity contribution in [2.45, 2.75) is 54.0 Å². The number of H-pyrrole nitrogens is 1. The van der Waals surface area contributed by atoms with E-state index < -0.39 is 0 Å². The number of aromatic amines is 1. The molecule has 100 valence electrons. The zero-order chi connectivity index (χ0) is 13.5. The van der Waals surface area contributed by atoms with Crippen LogP contribution in [0.3, 0.4) is 0 Å². The molecular weight excluding hydrogens is 224 g/mol. The Hall–Kier alpha value is -1.32. The monoisotopic (exact) mass is 248 g/mol. The fourth-order valence-corrected chi connectivity index (χ4v) is 2.03. The van der Waals surface area contributed by atoms with Gasteiger partial charge in [0.1, 0.15) is 11.3 Å². The molecule has 0 saturated carbocycles. The maximum atomic E-state index is 4.71. The fourth-order valence-electron chi connectivity index (χ4n) is 2.03. The second kappa shape index (κ2) is 4.41. The van der Waals surface area contributed by atoms with Crippen molar-refractivity contribution < 1.29 is 0 Å². The van der Waals surface area contributed by atoms with Gasteiger partial charge in [0.25, 0.3) is 0 Å². The fraction of sp³-hybridized carbons (Fsp3) is 0.714. The number of nitrogens with zero attached hydrogens (tertiary/aromatic N) is 3. The molecule has 0 bridgehead atoms. The van der Waals surface area contributed by atoms with E-state index in [-0.39, 0.29) is 5.41 Å². The first-order chi connectivity index (χ1) is 8.28. The van der Waals surface area contributed by atoms with Gasteiger partial charge in [-0.25, -0.2) is 9.67 Å². The number of hydrogen-bond acceptors (Lipinski definition) is 2. The van der Waals surface area contributed by atoms with Crippen LogP contribution >= 0.6 is 0 Å². The molecule has 1 unspecified atom stereocenters. The predicted molar refractivity (Wildman–Crippen MR) is 74.6 cm³/mol. The smallest absolute Gasteiger partial charge is 0.176 e. The summed E-state index contributed by atoms with van der Waals surface area (Å²) in [5, 5.41) is 4.44. The lowest BCUT2D eigenvalue weighted by Gasteiger charge is -2.16. The van der Waals surface area contributed by atoms with Crippen LogP contribution in [-0.4, -0.2) is 19.7 Å². The minimum Gasteiger partial charge on any atom is -0.339 e. The van der Waals surface area contributed by atoms with Crippen molar-refractivity contribution in [2.24, 2.45) is 11.3 Å². The molecule has 0 aliphatic carbocycles. The first kappa shape index (κ1) is 13.1. The molecule has 0 aromatic carbocycles. The van der Waals surface area contributed by atoms with Crippen molar-refractivity contribution in [3.8, 4) is 0 Å². The summed E-state index contributed by atoms with van der Waals surface area (Å²) in [6, 6.07) is 0.369. The average Bonchev–Trinajstić information content (AvgIpc) is 2.72. The molecule has 1 atom stereocenters. The van der Waals surface area contributed by atoms with Crippen LogP contribution in [0.5, 0.6) is 0 Å². The highest BCUT2D eigenvalue weighted by Crippen LogP contribution is 2.24. The molecule has 18 heavy (non-hydrogen) atoms. The first-order valence-corrected chi connectivity index (χ1v) is 6.70. The molecule has 4 heteroatoms. The van der Waals surface area contributed by atoms with Gasteiger partial charge in [0.05, 0.1) is 12.2 Å². The maximum Gasteiger partial charge on any atom is 0.176 e. The Balaban J connectivity index is 2.35. The van der Waals surface area contributed by atoms with Crippen LogP contribution in [0.25, 0.3) is 11.2 Å². The van der Waals surface area contributed by atoms with Crippen LogP contribution < -0.4 is 0 Å². The van der Waals surface area contributed by atoms with Gasteiger partial charge < -0.3 is 4.98 Å². The number of hydrogen-bond donors (Lipinski definition) is 1. The number of nitrogens with one attached hydrogen (secondary N) is 1. The molecule has 2 aromatic heterocycles. The summed E-state index contributed by atoms with van der Waals surface area (Å²) >= 11 is 0. The first-order valence-electron chi connectivity index (χ1n) is 6.70. The molecule has 0 amide bonds. The average molecular weight is 248 g/mol.